The van der Waals surface area contributed by atoms with Gasteiger partial charge in [0, 0.05) is 13.0 Å². The Morgan fingerprint density at radius 3 is 2.35 bits per heavy atom. The molecule has 1 heterocycles. The van der Waals surface area contributed by atoms with Crippen LogP contribution in [0.25, 0.3) is 0 Å². The summed E-state index contributed by atoms with van der Waals surface area (Å²) in [4.78, 5) is 50.0. The van der Waals surface area contributed by atoms with Crippen molar-refractivity contribution in [1.82, 2.24) is 4.90 Å². The lowest BCUT2D eigenvalue weighted by Crippen LogP contribution is -2.34. The summed E-state index contributed by atoms with van der Waals surface area (Å²) in [5.74, 6) is -1.63. The Balaban J connectivity index is 1.61. The first kappa shape index (κ1) is 18.1. The first-order valence-electron chi connectivity index (χ1n) is 8.85. The van der Waals surface area contributed by atoms with Crippen LogP contribution in [0.4, 0.5) is 5.69 Å². The van der Waals surface area contributed by atoms with E-state index in [2.05, 4.69) is 5.32 Å². The molecule has 2 aliphatic rings. The molecule has 0 bridgehead atoms. The molecule has 1 N–H and O–H groups in total. The average Bonchev–Trinajstić information content (AvgIpc) is 2.91. The number of ether oxygens (including phenoxy) is 1. The van der Waals surface area contributed by atoms with Crippen LogP contribution in [-0.4, -0.2) is 42.2 Å². The van der Waals surface area contributed by atoms with Crippen LogP contribution in [0, 0.1) is 11.8 Å². The number of carbonyl (C=O) groups excluding carboxylic acids is 4. The summed E-state index contributed by atoms with van der Waals surface area (Å²) in [6.45, 7) is 0.0664. The number of carbonyl (C=O) groups is 4. The summed E-state index contributed by atoms with van der Waals surface area (Å²) in [5, 5.41) is 2.65. The normalized spacial score (nSPS) is 22.1. The maximum atomic E-state index is 12.4. The number of esters is 1. The SMILES string of the molecule is COC(=O)c1ccccc1NC(=O)CCN1C(=O)[C@H]2CCCC[C@H]2C1=O. The zero-order valence-electron chi connectivity index (χ0n) is 14.7. The van der Waals surface area contributed by atoms with Crippen LogP contribution in [0.5, 0.6) is 0 Å². The van der Waals surface area contributed by atoms with Gasteiger partial charge in [0.2, 0.25) is 17.7 Å². The number of imide groups is 1. The van der Waals surface area contributed by atoms with Crippen LogP contribution >= 0.6 is 0 Å². The van der Waals surface area contributed by atoms with Gasteiger partial charge in [0.25, 0.3) is 0 Å². The number of hydrogen-bond donors (Lipinski definition) is 1. The number of para-hydroxylation sites is 1. The molecule has 26 heavy (non-hydrogen) atoms. The third-order valence-electron chi connectivity index (χ3n) is 5.10. The van der Waals surface area contributed by atoms with Crippen LogP contribution < -0.4 is 5.32 Å². The minimum absolute atomic E-state index is 0.00751. The second-order valence-corrected chi connectivity index (χ2v) is 6.66. The maximum absolute atomic E-state index is 12.4. The fourth-order valence-electron chi connectivity index (χ4n) is 3.76. The van der Waals surface area contributed by atoms with E-state index in [1.165, 1.54) is 12.0 Å². The molecule has 7 heteroatoms. The van der Waals surface area contributed by atoms with Crippen LogP contribution in [-0.2, 0) is 19.1 Å². The molecule has 0 spiro atoms. The van der Waals surface area contributed by atoms with E-state index in [1.54, 1.807) is 24.3 Å². The second kappa shape index (κ2) is 7.68. The van der Waals surface area contributed by atoms with Gasteiger partial charge in [0.05, 0.1) is 30.2 Å². The van der Waals surface area contributed by atoms with Gasteiger partial charge in [-0.15, -0.1) is 0 Å². The minimum atomic E-state index is -0.546. The summed E-state index contributed by atoms with van der Waals surface area (Å²) in [6, 6.07) is 6.52. The minimum Gasteiger partial charge on any atom is -0.465 e. The molecule has 2 fully saturated rings. The Bertz CT molecular complexity index is 721. The number of amides is 3. The van der Waals surface area contributed by atoms with Crippen molar-refractivity contribution >= 4 is 29.4 Å². The van der Waals surface area contributed by atoms with E-state index in [1.807, 2.05) is 0 Å². The summed E-state index contributed by atoms with van der Waals surface area (Å²) in [6.07, 6.45) is 3.44. The molecule has 7 nitrogen and oxygen atoms in total. The molecule has 1 aliphatic carbocycles. The van der Waals surface area contributed by atoms with Crippen LogP contribution in [0.3, 0.4) is 0 Å². The maximum Gasteiger partial charge on any atom is 0.339 e. The highest BCUT2D eigenvalue weighted by Crippen LogP contribution is 2.37. The molecule has 1 aromatic rings. The summed E-state index contributed by atoms with van der Waals surface area (Å²) in [7, 11) is 1.27. The van der Waals surface area contributed by atoms with E-state index in [4.69, 9.17) is 4.74 Å². The van der Waals surface area contributed by atoms with Gasteiger partial charge in [-0.05, 0) is 25.0 Å². The molecule has 0 radical (unpaired) electrons. The number of nitrogens with zero attached hydrogens (tertiary/aromatic N) is 1. The van der Waals surface area contributed by atoms with Gasteiger partial charge in [-0.25, -0.2) is 4.79 Å². The van der Waals surface area contributed by atoms with Crippen molar-refractivity contribution in [2.75, 3.05) is 19.0 Å². The molecule has 0 unspecified atom stereocenters. The Labute approximate surface area is 151 Å². The third-order valence-corrected chi connectivity index (χ3v) is 5.10. The smallest absolute Gasteiger partial charge is 0.339 e. The zero-order chi connectivity index (χ0) is 18.7. The topological polar surface area (TPSA) is 92.8 Å². The molecular formula is C19H22N2O5. The molecule has 1 saturated carbocycles. The first-order chi connectivity index (χ1) is 12.5. The average molecular weight is 358 g/mol. The lowest BCUT2D eigenvalue weighted by Gasteiger charge is -2.19. The van der Waals surface area contributed by atoms with E-state index >= 15 is 0 Å². The number of rotatable bonds is 5. The molecule has 138 valence electrons. The fourth-order valence-corrected chi connectivity index (χ4v) is 3.76. The number of methoxy groups -OCH3 is 1. The largest absolute Gasteiger partial charge is 0.465 e. The van der Waals surface area contributed by atoms with Gasteiger partial charge in [-0.3, -0.25) is 19.3 Å². The van der Waals surface area contributed by atoms with Gasteiger partial charge in [0.15, 0.2) is 0 Å². The molecule has 1 aromatic carbocycles. The van der Waals surface area contributed by atoms with Crippen molar-refractivity contribution in [2.24, 2.45) is 11.8 Å². The summed E-state index contributed by atoms with van der Waals surface area (Å²) < 4.78 is 4.69. The van der Waals surface area contributed by atoms with E-state index in [9.17, 15) is 19.2 Å². The van der Waals surface area contributed by atoms with Crippen molar-refractivity contribution in [3.63, 3.8) is 0 Å². The number of hydrogen-bond acceptors (Lipinski definition) is 5. The number of nitrogens with one attached hydrogen (secondary N) is 1. The van der Waals surface area contributed by atoms with Gasteiger partial charge in [-0.1, -0.05) is 25.0 Å². The summed E-state index contributed by atoms with van der Waals surface area (Å²) in [5.41, 5.74) is 0.597. The van der Waals surface area contributed by atoms with Gasteiger partial charge >= 0.3 is 5.97 Å². The monoisotopic (exact) mass is 358 g/mol. The molecule has 0 aromatic heterocycles. The Morgan fingerprint density at radius 2 is 1.73 bits per heavy atom. The number of fused-ring (bicyclic) bond motifs is 1. The lowest BCUT2D eigenvalue weighted by molar-refractivity contribution is -0.140. The Kier molecular flexibility index (Phi) is 5.35. The highest BCUT2D eigenvalue weighted by molar-refractivity contribution is 6.06. The van der Waals surface area contributed by atoms with Crippen molar-refractivity contribution < 1.29 is 23.9 Å². The van der Waals surface area contributed by atoms with E-state index in [0.29, 0.717) is 5.69 Å². The predicted molar refractivity (Wildman–Crippen MR) is 93.2 cm³/mol. The number of benzene rings is 1. The Hall–Kier alpha value is -2.70. The lowest BCUT2D eigenvalue weighted by atomic mass is 9.81. The third kappa shape index (κ3) is 3.47. The van der Waals surface area contributed by atoms with Crippen LogP contribution in [0.2, 0.25) is 0 Å². The Morgan fingerprint density at radius 1 is 1.12 bits per heavy atom. The zero-order valence-corrected chi connectivity index (χ0v) is 14.7. The van der Waals surface area contributed by atoms with Crippen molar-refractivity contribution in [3.8, 4) is 0 Å². The predicted octanol–water partition coefficient (Wildman–Crippen LogP) is 1.98. The summed E-state index contributed by atoms with van der Waals surface area (Å²) >= 11 is 0. The van der Waals surface area contributed by atoms with E-state index < -0.39 is 5.97 Å². The van der Waals surface area contributed by atoms with Gasteiger partial charge in [-0.2, -0.15) is 0 Å². The van der Waals surface area contributed by atoms with Crippen LogP contribution in [0.1, 0.15) is 42.5 Å². The molecule has 2 atom stereocenters. The molecule has 1 saturated heterocycles. The quantitative estimate of drug-likeness (QED) is 0.642. The molecule has 3 rings (SSSR count). The highest BCUT2D eigenvalue weighted by atomic mass is 16.5. The fraction of sp³-hybridized carbons (Fsp3) is 0.474. The molecular weight excluding hydrogens is 336 g/mol. The van der Waals surface area contributed by atoms with Gasteiger partial charge < -0.3 is 10.1 Å². The first-order valence-corrected chi connectivity index (χ1v) is 8.85. The number of likely N-dealkylation sites (tertiary alicyclic amines) is 1. The van der Waals surface area contributed by atoms with E-state index in [-0.39, 0.29) is 48.1 Å². The highest BCUT2D eigenvalue weighted by Gasteiger charge is 2.47. The standard InChI is InChI=1S/C19H22N2O5/c1-26-19(25)14-8-4-5-9-15(14)20-16(22)10-11-21-17(23)12-6-2-3-7-13(12)18(21)24/h4-5,8-9,12-13H,2-3,6-7,10-11H2,1H3,(H,20,22)/t12-,13+. The second-order valence-electron chi connectivity index (χ2n) is 6.66. The van der Waals surface area contributed by atoms with Crippen molar-refractivity contribution in [3.05, 3.63) is 29.8 Å². The van der Waals surface area contributed by atoms with Crippen molar-refractivity contribution in [2.45, 2.75) is 32.1 Å². The molecule has 1 aliphatic heterocycles. The van der Waals surface area contributed by atoms with Crippen molar-refractivity contribution in [1.29, 1.82) is 0 Å². The van der Waals surface area contributed by atoms with Crippen LogP contribution in [0.15, 0.2) is 24.3 Å². The number of anilines is 1. The molecule has 3 amide bonds. The van der Waals surface area contributed by atoms with E-state index in [0.717, 1.165) is 25.7 Å². The van der Waals surface area contributed by atoms with Gasteiger partial charge in [0.1, 0.15) is 0 Å².